The lowest BCUT2D eigenvalue weighted by atomic mass is 10.2. The Labute approximate surface area is 127 Å². The molecule has 0 aliphatic carbocycles. The molecule has 8 heteroatoms. The normalized spacial score (nSPS) is 13.1. The molecule has 8 nitrogen and oxygen atoms in total. The van der Waals surface area contributed by atoms with Crippen LogP contribution in [-0.4, -0.2) is 36.3 Å². The number of amidine groups is 1. The molecule has 0 unspecified atom stereocenters. The summed E-state index contributed by atoms with van der Waals surface area (Å²) < 4.78 is 14.9. The van der Waals surface area contributed by atoms with E-state index in [0.717, 1.165) is 5.76 Å². The van der Waals surface area contributed by atoms with E-state index in [4.69, 9.17) is 19.6 Å². The van der Waals surface area contributed by atoms with E-state index in [2.05, 4.69) is 10.2 Å². The van der Waals surface area contributed by atoms with E-state index in [-0.39, 0.29) is 24.6 Å². The number of carbonyl (C=O) groups is 1. The summed E-state index contributed by atoms with van der Waals surface area (Å²) in [6, 6.07) is 3.46. The van der Waals surface area contributed by atoms with E-state index in [0.29, 0.717) is 5.76 Å². The maximum atomic E-state index is 11.8. The van der Waals surface area contributed by atoms with Crippen LogP contribution in [0.2, 0.25) is 0 Å². The fourth-order valence-electron chi connectivity index (χ4n) is 1.43. The van der Waals surface area contributed by atoms with Crippen LogP contribution in [0.5, 0.6) is 0 Å². The highest BCUT2D eigenvalue weighted by Gasteiger charge is 2.22. The van der Waals surface area contributed by atoms with Crippen molar-refractivity contribution in [2.45, 2.75) is 20.8 Å². The summed E-state index contributed by atoms with van der Waals surface area (Å²) >= 11 is 0. The quantitative estimate of drug-likeness (QED) is 0.197. The van der Waals surface area contributed by atoms with Gasteiger partial charge in [0.15, 0.2) is 11.4 Å². The van der Waals surface area contributed by atoms with Gasteiger partial charge >= 0.3 is 5.97 Å². The summed E-state index contributed by atoms with van der Waals surface area (Å²) in [4.78, 5) is 11.8. The van der Waals surface area contributed by atoms with Gasteiger partial charge in [-0.25, -0.2) is 4.79 Å². The summed E-state index contributed by atoms with van der Waals surface area (Å²) in [5.41, 5.74) is 5.28. The zero-order valence-electron chi connectivity index (χ0n) is 12.7. The third-order valence-electron chi connectivity index (χ3n) is 2.34. The lowest BCUT2D eigenvalue weighted by Crippen LogP contribution is -2.25. The third-order valence-corrected chi connectivity index (χ3v) is 2.34. The molecule has 1 aromatic heterocycles. The van der Waals surface area contributed by atoms with Gasteiger partial charge in [-0.2, -0.15) is 5.10 Å². The highest BCUT2D eigenvalue weighted by molar-refractivity contribution is 6.18. The number of carbonyl (C=O) groups excluding carboxylic acids is 1. The Balaban J connectivity index is 2.98. The molecule has 1 rings (SSSR count). The van der Waals surface area contributed by atoms with Crippen LogP contribution in [0.1, 0.15) is 25.4 Å². The molecule has 0 aromatic carbocycles. The van der Waals surface area contributed by atoms with Gasteiger partial charge in [0, 0.05) is 0 Å². The van der Waals surface area contributed by atoms with Gasteiger partial charge in [0.1, 0.15) is 11.5 Å². The van der Waals surface area contributed by atoms with Crippen LogP contribution in [0.3, 0.4) is 0 Å². The molecule has 1 heterocycles. The minimum Gasteiger partial charge on any atom is -0.480 e. The standard InChI is InChI=1S/C14H19N3O5/c1-4-20-13(18)11(14(19)21-5-2)12(15)17-16-8-10-7-6-9(3)22-10/h6-8,18H,4-5H2,1-3H3,(H2,15,17)/b13-11?,16-8+. The van der Waals surface area contributed by atoms with Crippen molar-refractivity contribution in [1.82, 2.24) is 0 Å². The van der Waals surface area contributed by atoms with Crippen LogP contribution in [0.25, 0.3) is 0 Å². The Morgan fingerprint density at radius 3 is 2.59 bits per heavy atom. The number of rotatable bonds is 7. The molecular formula is C14H19N3O5. The average Bonchev–Trinajstić information content (AvgIpc) is 2.85. The molecule has 0 bridgehead atoms. The lowest BCUT2D eigenvalue weighted by Gasteiger charge is -2.08. The minimum atomic E-state index is -0.848. The molecule has 0 saturated heterocycles. The van der Waals surface area contributed by atoms with Crippen molar-refractivity contribution in [3.8, 4) is 0 Å². The first-order valence-corrected chi connectivity index (χ1v) is 6.66. The predicted octanol–water partition coefficient (Wildman–Crippen LogP) is 1.65. The summed E-state index contributed by atoms with van der Waals surface area (Å²) in [7, 11) is 0. The summed E-state index contributed by atoms with van der Waals surface area (Å²) in [5, 5.41) is 17.1. The first-order valence-electron chi connectivity index (χ1n) is 6.66. The lowest BCUT2D eigenvalue weighted by molar-refractivity contribution is -0.138. The molecular weight excluding hydrogens is 290 g/mol. The topological polar surface area (TPSA) is 120 Å². The number of nitrogens with two attached hydrogens (primary N) is 1. The van der Waals surface area contributed by atoms with E-state index in [9.17, 15) is 9.90 Å². The van der Waals surface area contributed by atoms with Crippen LogP contribution < -0.4 is 5.73 Å². The minimum absolute atomic E-state index is 0.115. The largest absolute Gasteiger partial charge is 0.480 e. The molecule has 0 atom stereocenters. The van der Waals surface area contributed by atoms with Crippen LogP contribution >= 0.6 is 0 Å². The Kier molecular flexibility index (Phi) is 6.68. The average molecular weight is 309 g/mol. The highest BCUT2D eigenvalue weighted by Crippen LogP contribution is 2.08. The molecule has 0 aliphatic rings. The first kappa shape index (κ1) is 17.3. The van der Waals surface area contributed by atoms with E-state index in [1.165, 1.54) is 6.21 Å². The highest BCUT2D eigenvalue weighted by atomic mass is 16.6. The van der Waals surface area contributed by atoms with Crippen molar-refractivity contribution in [3.63, 3.8) is 0 Å². The number of hydrogen-bond acceptors (Lipinski definition) is 7. The second-order valence-electron chi connectivity index (χ2n) is 4.01. The van der Waals surface area contributed by atoms with E-state index in [1.807, 2.05) is 0 Å². The Hall–Kier alpha value is -2.77. The SMILES string of the molecule is CCOC(=O)C(C(N)=N/N=C/c1ccc(C)o1)=C(O)OCC. The van der Waals surface area contributed by atoms with Crippen LogP contribution in [0.4, 0.5) is 0 Å². The molecule has 0 radical (unpaired) electrons. The smallest absolute Gasteiger partial charge is 0.349 e. The maximum Gasteiger partial charge on any atom is 0.349 e. The second kappa shape index (κ2) is 8.50. The van der Waals surface area contributed by atoms with Crippen molar-refractivity contribution in [1.29, 1.82) is 0 Å². The van der Waals surface area contributed by atoms with E-state index in [1.54, 1.807) is 32.9 Å². The molecule has 22 heavy (non-hydrogen) atoms. The van der Waals surface area contributed by atoms with Gasteiger partial charge in [-0.1, -0.05) is 0 Å². The molecule has 120 valence electrons. The molecule has 0 amide bonds. The van der Waals surface area contributed by atoms with E-state index < -0.39 is 11.9 Å². The van der Waals surface area contributed by atoms with Crippen LogP contribution in [0.15, 0.2) is 38.3 Å². The van der Waals surface area contributed by atoms with Crippen LogP contribution in [-0.2, 0) is 14.3 Å². The number of furan rings is 1. The number of ether oxygens (including phenoxy) is 2. The summed E-state index contributed by atoms with van der Waals surface area (Å²) in [5.74, 6) is -0.641. The Morgan fingerprint density at radius 1 is 1.36 bits per heavy atom. The van der Waals surface area contributed by atoms with E-state index >= 15 is 0 Å². The van der Waals surface area contributed by atoms with Gasteiger partial charge in [-0.05, 0) is 32.9 Å². The maximum absolute atomic E-state index is 11.8. The van der Waals surface area contributed by atoms with Gasteiger partial charge < -0.3 is 24.7 Å². The van der Waals surface area contributed by atoms with Crippen LogP contribution in [0, 0.1) is 6.92 Å². The summed E-state index contributed by atoms with van der Waals surface area (Å²) in [6.45, 7) is 5.32. The third kappa shape index (κ3) is 4.97. The molecule has 3 N–H and O–H groups in total. The number of aliphatic hydroxyl groups excluding tert-OH is 1. The number of nitrogens with zero attached hydrogens (tertiary/aromatic N) is 2. The number of esters is 1. The fraction of sp³-hybridized carbons (Fsp3) is 0.357. The monoisotopic (exact) mass is 309 g/mol. The Morgan fingerprint density at radius 2 is 2.05 bits per heavy atom. The van der Waals surface area contributed by atoms with Gasteiger partial charge in [0.25, 0.3) is 5.95 Å². The zero-order chi connectivity index (χ0) is 16.5. The Bertz CT molecular complexity index is 601. The van der Waals surface area contributed by atoms with Crippen molar-refractivity contribution in [3.05, 3.63) is 35.2 Å². The van der Waals surface area contributed by atoms with Gasteiger partial charge in [-0.15, -0.1) is 5.10 Å². The second-order valence-corrected chi connectivity index (χ2v) is 4.01. The summed E-state index contributed by atoms with van der Waals surface area (Å²) in [6.07, 6.45) is 1.32. The predicted molar refractivity (Wildman–Crippen MR) is 80.6 cm³/mol. The van der Waals surface area contributed by atoms with Crippen molar-refractivity contribution < 1.29 is 23.8 Å². The molecule has 0 saturated carbocycles. The van der Waals surface area contributed by atoms with Crippen molar-refractivity contribution in [2.24, 2.45) is 15.9 Å². The van der Waals surface area contributed by atoms with Crippen molar-refractivity contribution in [2.75, 3.05) is 13.2 Å². The number of hydrogen-bond donors (Lipinski definition) is 2. The van der Waals surface area contributed by atoms with Crippen molar-refractivity contribution >= 4 is 18.0 Å². The molecule has 0 fully saturated rings. The van der Waals surface area contributed by atoms with Gasteiger partial charge in [0.2, 0.25) is 0 Å². The molecule has 0 aliphatic heterocycles. The number of aryl methyl sites for hydroxylation is 1. The molecule has 0 spiro atoms. The zero-order valence-corrected chi connectivity index (χ0v) is 12.7. The molecule has 1 aromatic rings. The number of aliphatic hydroxyl groups is 1. The fourth-order valence-corrected chi connectivity index (χ4v) is 1.43. The first-order chi connectivity index (χ1) is 10.5. The van der Waals surface area contributed by atoms with Gasteiger partial charge in [0.05, 0.1) is 19.4 Å². The van der Waals surface area contributed by atoms with Gasteiger partial charge in [-0.3, -0.25) is 0 Å².